The van der Waals surface area contributed by atoms with Crippen LogP contribution >= 0.6 is 0 Å². The number of rotatable bonds is 9. The molecule has 1 aliphatic carbocycles. The van der Waals surface area contributed by atoms with Crippen LogP contribution in [0.1, 0.15) is 57.1 Å². The third-order valence-electron chi connectivity index (χ3n) is 4.86. The average molecular weight is 288 g/mol. The first-order valence-corrected chi connectivity index (χ1v) is 8.61. The van der Waals surface area contributed by atoms with Gasteiger partial charge in [-0.05, 0) is 62.7 Å². The Morgan fingerprint density at radius 2 is 1.86 bits per heavy atom. The first-order valence-electron chi connectivity index (χ1n) is 8.61. The lowest BCUT2D eigenvalue weighted by molar-refractivity contribution is 0.226. The maximum atomic E-state index is 3.51. The van der Waals surface area contributed by atoms with E-state index in [1.165, 1.54) is 30.4 Å². The molecular formula is C19H32N2. The fourth-order valence-electron chi connectivity index (χ4n) is 2.94. The smallest absolute Gasteiger partial charge is 0.0233 e. The number of hydrogen-bond acceptors (Lipinski definition) is 2. The minimum atomic E-state index is 0.591. The van der Waals surface area contributed by atoms with Crippen molar-refractivity contribution >= 4 is 0 Å². The molecule has 2 heteroatoms. The SMILES string of the molecule is CCCNCC(C)c1ccc(CN(C)C(C)C2CC2)cc1. The lowest BCUT2D eigenvalue weighted by Gasteiger charge is -2.24. The highest BCUT2D eigenvalue weighted by Gasteiger charge is 2.30. The Labute approximate surface area is 130 Å². The molecule has 1 fully saturated rings. The molecule has 1 aliphatic rings. The summed E-state index contributed by atoms with van der Waals surface area (Å²) in [7, 11) is 2.26. The van der Waals surface area contributed by atoms with Crippen molar-refractivity contribution in [1.29, 1.82) is 0 Å². The molecule has 0 heterocycles. The van der Waals surface area contributed by atoms with Gasteiger partial charge in [0.15, 0.2) is 0 Å². The minimum absolute atomic E-state index is 0.591. The summed E-state index contributed by atoms with van der Waals surface area (Å²) in [6.45, 7) is 10.1. The van der Waals surface area contributed by atoms with Crippen molar-refractivity contribution in [3.8, 4) is 0 Å². The topological polar surface area (TPSA) is 15.3 Å². The predicted octanol–water partition coefficient (Wildman–Crippen LogP) is 4.02. The highest BCUT2D eigenvalue weighted by molar-refractivity contribution is 5.25. The van der Waals surface area contributed by atoms with Crippen LogP contribution in [0, 0.1) is 5.92 Å². The van der Waals surface area contributed by atoms with Crippen molar-refractivity contribution in [1.82, 2.24) is 10.2 Å². The molecule has 1 N–H and O–H groups in total. The fourth-order valence-corrected chi connectivity index (χ4v) is 2.94. The molecule has 0 saturated heterocycles. The average Bonchev–Trinajstić information content (AvgIpc) is 3.32. The first kappa shape index (κ1) is 16.5. The molecule has 118 valence electrons. The second kappa shape index (κ2) is 7.95. The van der Waals surface area contributed by atoms with E-state index in [1.54, 1.807) is 0 Å². The molecule has 0 aliphatic heterocycles. The highest BCUT2D eigenvalue weighted by Crippen LogP contribution is 2.35. The van der Waals surface area contributed by atoms with Gasteiger partial charge >= 0.3 is 0 Å². The maximum Gasteiger partial charge on any atom is 0.0233 e. The zero-order valence-corrected chi connectivity index (χ0v) is 14.2. The zero-order valence-electron chi connectivity index (χ0n) is 14.2. The van der Waals surface area contributed by atoms with E-state index in [1.807, 2.05) is 0 Å². The molecule has 0 bridgehead atoms. The van der Waals surface area contributed by atoms with Crippen molar-refractivity contribution in [3.05, 3.63) is 35.4 Å². The summed E-state index contributed by atoms with van der Waals surface area (Å²) >= 11 is 0. The third kappa shape index (κ3) is 5.12. The minimum Gasteiger partial charge on any atom is -0.316 e. The Kier molecular flexibility index (Phi) is 6.25. The van der Waals surface area contributed by atoms with Gasteiger partial charge < -0.3 is 5.32 Å². The lowest BCUT2D eigenvalue weighted by atomic mass is 9.99. The molecule has 2 nitrogen and oxygen atoms in total. The largest absolute Gasteiger partial charge is 0.316 e. The van der Waals surface area contributed by atoms with E-state index < -0.39 is 0 Å². The van der Waals surface area contributed by atoms with Gasteiger partial charge in [-0.3, -0.25) is 4.90 Å². The molecule has 2 atom stereocenters. The van der Waals surface area contributed by atoms with Gasteiger partial charge in [-0.1, -0.05) is 38.1 Å². The van der Waals surface area contributed by atoms with Gasteiger partial charge in [0.25, 0.3) is 0 Å². The second-order valence-corrected chi connectivity index (χ2v) is 6.84. The zero-order chi connectivity index (χ0) is 15.2. The molecule has 1 aromatic rings. The van der Waals surface area contributed by atoms with Crippen LogP contribution in [0.2, 0.25) is 0 Å². The normalized spacial score (nSPS) is 18.0. The Morgan fingerprint density at radius 3 is 2.43 bits per heavy atom. The monoisotopic (exact) mass is 288 g/mol. The van der Waals surface area contributed by atoms with Gasteiger partial charge in [0.05, 0.1) is 0 Å². The summed E-state index contributed by atoms with van der Waals surface area (Å²) in [5, 5.41) is 3.51. The van der Waals surface area contributed by atoms with Crippen molar-refractivity contribution in [2.45, 2.75) is 58.5 Å². The summed E-state index contributed by atoms with van der Waals surface area (Å²) in [6, 6.07) is 9.96. The van der Waals surface area contributed by atoms with Gasteiger partial charge in [-0.2, -0.15) is 0 Å². The summed E-state index contributed by atoms with van der Waals surface area (Å²) in [5.74, 6) is 1.53. The van der Waals surface area contributed by atoms with Crippen LogP contribution in [0.3, 0.4) is 0 Å². The summed E-state index contributed by atoms with van der Waals surface area (Å²) in [5.41, 5.74) is 2.88. The standard InChI is InChI=1S/C19H32N2/c1-5-12-20-13-15(2)18-8-6-17(7-9-18)14-21(4)16(3)19-10-11-19/h6-9,15-16,19-20H,5,10-14H2,1-4H3. The lowest BCUT2D eigenvalue weighted by Crippen LogP contribution is -2.30. The molecule has 0 aromatic heterocycles. The number of hydrogen-bond donors (Lipinski definition) is 1. The molecule has 2 unspecified atom stereocenters. The number of nitrogens with zero attached hydrogens (tertiary/aromatic N) is 1. The van der Waals surface area contributed by atoms with E-state index in [0.717, 1.165) is 31.6 Å². The van der Waals surface area contributed by atoms with Gasteiger partial charge in [-0.15, -0.1) is 0 Å². The molecule has 1 aromatic carbocycles. The van der Waals surface area contributed by atoms with Crippen molar-refractivity contribution < 1.29 is 0 Å². The van der Waals surface area contributed by atoms with Crippen molar-refractivity contribution in [2.75, 3.05) is 20.1 Å². The predicted molar refractivity (Wildman–Crippen MR) is 91.7 cm³/mol. The Balaban J connectivity index is 1.83. The quantitative estimate of drug-likeness (QED) is 0.690. The number of benzene rings is 1. The van der Waals surface area contributed by atoms with E-state index in [2.05, 4.69) is 62.3 Å². The molecule has 0 radical (unpaired) electrons. The fraction of sp³-hybridized carbons (Fsp3) is 0.684. The van der Waals surface area contributed by atoms with Gasteiger partial charge in [0, 0.05) is 19.1 Å². The second-order valence-electron chi connectivity index (χ2n) is 6.84. The van der Waals surface area contributed by atoms with Crippen LogP contribution < -0.4 is 5.32 Å². The Hall–Kier alpha value is -0.860. The van der Waals surface area contributed by atoms with Crippen molar-refractivity contribution in [3.63, 3.8) is 0 Å². The van der Waals surface area contributed by atoms with Gasteiger partial charge in [-0.25, -0.2) is 0 Å². The van der Waals surface area contributed by atoms with Gasteiger partial charge in [0.1, 0.15) is 0 Å². The van der Waals surface area contributed by atoms with E-state index >= 15 is 0 Å². The first-order chi connectivity index (χ1) is 10.1. The summed E-state index contributed by atoms with van der Waals surface area (Å²) < 4.78 is 0. The van der Waals surface area contributed by atoms with E-state index in [4.69, 9.17) is 0 Å². The Bertz CT molecular complexity index is 408. The summed E-state index contributed by atoms with van der Waals surface area (Å²) in [6.07, 6.45) is 4.05. The van der Waals surface area contributed by atoms with E-state index in [-0.39, 0.29) is 0 Å². The third-order valence-corrected chi connectivity index (χ3v) is 4.86. The molecular weight excluding hydrogens is 256 g/mol. The van der Waals surface area contributed by atoms with Crippen LogP contribution in [0.5, 0.6) is 0 Å². The highest BCUT2D eigenvalue weighted by atomic mass is 15.1. The number of nitrogens with one attached hydrogen (secondary N) is 1. The van der Waals surface area contributed by atoms with Crippen LogP contribution in [0.15, 0.2) is 24.3 Å². The maximum absolute atomic E-state index is 3.51. The van der Waals surface area contributed by atoms with Gasteiger partial charge in [0.2, 0.25) is 0 Å². The van der Waals surface area contributed by atoms with Crippen LogP contribution in [0.4, 0.5) is 0 Å². The van der Waals surface area contributed by atoms with Crippen molar-refractivity contribution in [2.24, 2.45) is 5.92 Å². The summed E-state index contributed by atoms with van der Waals surface area (Å²) in [4.78, 5) is 2.50. The van der Waals surface area contributed by atoms with Crippen LogP contribution in [0.25, 0.3) is 0 Å². The van der Waals surface area contributed by atoms with Crippen LogP contribution in [-0.4, -0.2) is 31.1 Å². The molecule has 21 heavy (non-hydrogen) atoms. The Morgan fingerprint density at radius 1 is 1.19 bits per heavy atom. The molecule has 2 rings (SSSR count). The molecule has 0 spiro atoms. The van der Waals surface area contributed by atoms with E-state index in [9.17, 15) is 0 Å². The molecule has 0 amide bonds. The molecule has 1 saturated carbocycles. The van der Waals surface area contributed by atoms with Crippen LogP contribution in [-0.2, 0) is 6.54 Å². The van der Waals surface area contributed by atoms with E-state index in [0.29, 0.717) is 5.92 Å².